The molecule has 0 unspecified atom stereocenters. The van der Waals surface area contributed by atoms with E-state index in [1.165, 1.54) is 0 Å². The minimum atomic E-state index is 0.0274. The van der Waals surface area contributed by atoms with E-state index in [2.05, 4.69) is 30.9 Å². The lowest BCUT2D eigenvalue weighted by Crippen LogP contribution is -2.24. The summed E-state index contributed by atoms with van der Waals surface area (Å²) in [5.41, 5.74) is 0.0274. The van der Waals surface area contributed by atoms with Gasteiger partial charge in [0.25, 0.3) is 0 Å². The maximum Gasteiger partial charge on any atom is 0.186 e. The highest BCUT2D eigenvalue weighted by Crippen LogP contribution is 2.20. The summed E-state index contributed by atoms with van der Waals surface area (Å²) < 4.78 is 1.97. The van der Waals surface area contributed by atoms with Crippen LogP contribution >= 0.6 is 11.8 Å². The Balaban J connectivity index is 3.13. The Hall–Kier alpha value is -0.510. The van der Waals surface area contributed by atoms with Gasteiger partial charge in [0.05, 0.1) is 5.54 Å². The summed E-state index contributed by atoms with van der Waals surface area (Å²) in [6.07, 6.45) is 2.02. The van der Waals surface area contributed by atoms with Gasteiger partial charge in [0.15, 0.2) is 5.16 Å². The Bertz CT molecular complexity index is 272. The fourth-order valence-corrected chi connectivity index (χ4v) is 1.68. The van der Waals surface area contributed by atoms with Crippen molar-refractivity contribution < 1.29 is 0 Å². The molecule has 0 fully saturated rings. The van der Waals surface area contributed by atoms with Crippen LogP contribution in [0.1, 0.15) is 26.6 Å². The van der Waals surface area contributed by atoms with Crippen LogP contribution in [0.15, 0.2) is 5.16 Å². The lowest BCUT2D eigenvalue weighted by atomic mass is 10.1. The van der Waals surface area contributed by atoms with Crippen molar-refractivity contribution in [3.8, 4) is 0 Å². The first-order valence-electron chi connectivity index (χ1n) is 3.93. The van der Waals surface area contributed by atoms with E-state index in [4.69, 9.17) is 0 Å². The first kappa shape index (κ1) is 9.58. The minimum absolute atomic E-state index is 0.0274. The number of aromatic nitrogens is 3. The second kappa shape index (κ2) is 3.09. The Labute approximate surface area is 77.6 Å². The summed E-state index contributed by atoms with van der Waals surface area (Å²) in [6.45, 7) is 8.30. The second-order valence-corrected chi connectivity index (χ2v) is 4.50. The van der Waals surface area contributed by atoms with Gasteiger partial charge in [-0.2, -0.15) is 5.10 Å². The quantitative estimate of drug-likeness (QED) is 0.627. The fraction of sp³-hybridized carbons (Fsp3) is 0.750. The number of aryl methyl sites for hydroxylation is 1. The van der Waals surface area contributed by atoms with Gasteiger partial charge in [0.1, 0.15) is 5.82 Å². The zero-order chi connectivity index (χ0) is 9.35. The van der Waals surface area contributed by atoms with E-state index in [-0.39, 0.29) is 5.54 Å². The van der Waals surface area contributed by atoms with Gasteiger partial charge >= 0.3 is 0 Å². The molecular weight excluding hydrogens is 170 g/mol. The summed E-state index contributed by atoms with van der Waals surface area (Å²) in [5.74, 6) is 0.842. The van der Waals surface area contributed by atoms with Crippen molar-refractivity contribution in [2.45, 2.75) is 38.4 Å². The van der Waals surface area contributed by atoms with Crippen LogP contribution in [0.4, 0.5) is 0 Å². The van der Waals surface area contributed by atoms with Crippen LogP contribution in [0, 0.1) is 6.92 Å². The normalized spacial score (nSPS) is 12.1. The zero-order valence-corrected chi connectivity index (χ0v) is 9.07. The molecule has 68 valence electrons. The molecule has 0 N–H and O–H groups in total. The molecule has 0 atom stereocenters. The third kappa shape index (κ3) is 1.80. The van der Waals surface area contributed by atoms with Gasteiger partial charge in [-0.1, -0.05) is 11.8 Å². The first-order valence-corrected chi connectivity index (χ1v) is 5.16. The van der Waals surface area contributed by atoms with E-state index < -0.39 is 0 Å². The molecule has 3 nitrogen and oxygen atoms in total. The standard InChI is InChI=1S/C8H15N3S/c1-6-9-7(12-5)11(10-6)8(2,3)4/h1-5H3. The molecule has 0 saturated carbocycles. The van der Waals surface area contributed by atoms with E-state index in [1.54, 1.807) is 11.8 Å². The van der Waals surface area contributed by atoms with E-state index >= 15 is 0 Å². The Kier molecular flexibility index (Phi) is 2.46. The molecule has 0 aliphatic carbocycles. The van der Waals surface area contributed by atoms with Gasteiger partial charge in [-0.25, -0.2) is 9.67 Å². The molecule has 0 amide bonds. The smallest absolute Gasteiger partial charge is 0.186 e. The number of nitrogens with zero attached hydrogens (tertiary/aromatic N) is 3. The number of hydrogen-bond donors (Lipinski definition) is 0. The summed E-state index contributed by atoms with van der Waals surface area (Å²) in [7, 11) is 0. The van der Waals surface area contributed by atoms with Crippen LogP contribution in [0.25, 0.3) is 0 Å². The van der Waals surface area contributed by atoms with Crippen molar-refractivity contribution in [3.63, 3.8) is 0 Å². The van der Waals surface area contributed by atoms with Gasteiger partial charge in [0.2, 0.25) is 0 Å². The van der Waals surface area contributed by atoms with Crippen molar-refractivity contribution >= 4 is 11.8 Å². The molecule has 0 bridgehead atoms. The topological polar surface area (TPSA) is 30.7 Å². The van der Waals surface area contributed by atoms with E-state index in [9.17, 15) is 0 Å². The van der Waals surface area contributed by atoms with Gasteiger partial charge < -0.3 is 0 Å². The summed E-state index contributed by atoms with van der Waals surface area (Å²) in [5, 5.41) is 5.32. The highest BCUT2D eigenvalue weighted by atomic mass is 32.2. The van der Waals surface area contributed by atoms with Crippen LogP contribution in [0.5, 0.6) is 0 Å². The van der Waals surface area contributed by atoms with E-state index in [0.717, 1.165) is 11.0 Å². The SMILES string of the molecule is CSc1nc(C)nn1C(C)(C)C. The van der Waals surface area contributed by atoms with Crippen molar-refractivity contribution in [3.05, 3.63) is 5.82 Å². The Morgan fingerprint density at radius 2 is 1.92 bits per heavy atom. The summed E-state index contributed by atoms with van der Waals surface area (Å²) in [4.78, 5) is 4.31. The molecule has 1 rings (SSSR count). The Morgan fingerprint density at radius 1 is 1.33 bits per heavy atom. The first-order chi connectivity index (χ1) is 5.45. The highest BCUT2D eigenvalue weighted by molar-refractivity contribution is 7.98. The van der Waals surface area contributed by atoms with Crippen LogP contribution in [-0.2, 0) is 5.54 Å². The average Bonchev–Trinajstić information content (AvgIpc) is 2.29. The van der Waals surface area contributed by atoms with Gasteiger partial charge in [0, 0.05) is 0 Å². The molecule has 0 radical (unpaired) electrons. The maximum absolute atomic E-state index is 4.34. The number of hydrogen-bond acceptors (Lipinski definition) is 3. The van der Waals surface area contributed by atoms with Gasteiger partial charge in [-0.3, -0.25) is 0 Å². The predicted octanol–water partition coefficient (Wildman–Crippen LogP) is 2.06. The number of rotatable bonds is 1. The molecular formula is C8H15N3S. The molecule has 0 saturated heterocycles. The van der Waals surface area contributed by atoms with Crippen LogP contribution < -0.4 is 0 Å². The van der Waals surface area contributed by atoms with Gasteiger partial charge in [-0.15, -0.1) is 0 Å². The average molecular weight is 185 g/mol. The van der Waals surface area contributed by atoms with Crippen LogP contribution in [-0.4, -0.2) is 21.0 Å². The predicted molar refractivity (Wildman–Crippen MR) is 51.5 cm³/mol. The molecule has 0 spiro atoms. The second-order valence-electron chi connectivity index (χ2n) is 3.73. The molecule has 1 heterocycles. The van der Waals surface area contributed by atoms with E-state index in [1.807, 2.05) is 17.9 Å². The lowest BCUT2D eigenvalue weighted by Gasteiger charge is -2.20. The third-order valence-electron chi connectivity index (χ3n) is 1.50. The molecule has 0 aliphatic rings. The fourth-order valence-electron chi connectivity index (χ4n) is 0.965. The Morgan fingerprint density at radius 3 is 2.25 bits per heavy atom. The monoisotopic (exact) mass is 185 g/mol. The van der Waals surface area contributed by atoms with E-state index in [0.29, 0.717) is 0 Å². The van der Waals surface area contributed by atoms with Gasteiger partial charge in [-0.05, 0) is 34.0 Å². The molecule has 12 heavy (non-hydrogen) atoms. The molecule has 4 heteroatoms. The van der Waals surface area contributed by atoms with Crippen molar-refractivity contribution in [1.29, 1.82) is 0 Å². The van der Waals surface area contributed by atoms with Crippen LogP contribution in [0.2, 0.25) is 0 Å². The van der Waals surface area contributed by atoms with Crippen molar-refractivity contribution in [1.82, 2.24) is 14.8 Å². The van der Waals surface area contributed by atoms with Crippen molar-refractivity contribution in [2.24, 2.45) is 0 Å². The minimum Gasteiger partial charge on any atom is -0.235 e. The molecule has 0 aliphatic heterocycles. The molecule has 1 aromatic heterocycles. The summed E-state index contributed by atoms with van der Waals surface area (Å²) >= 11 is 1.63. The van der Waals surface area contributed by atoms with Crippen molar-refractivity contribution in [2.75, 3.05) is 6.26 Å². The maximum atomic E-state index is 4.34. The molecule has 0 aromatic carbocycles. The third-order valence-corrected chi connectivity index (χ3v) is 2.13. The number of thioether (sulfide) groups is 1. The lowest BCUT2D eigenvalue weighted by molar-refractivity contribution is 0.325. The van der Waals surface area contributed by atoms with Crippen LogP contribution in [0.3, 0.4) is 0 Å². The largest absolute Gasteiger partial charge is 0.235 e. The summed E-state index contributed by atoms with van der Waals surface area (Å²) in [6, 6.07) is 0. The zero-order valence-electron chi connectivity index (χ0n) is 8.25. The molecule has 1 aromatic rings. The highest BCUT2D eigenvalue weighted by Gasteiger charge is 2.18.